The molecule has 1 N–H and O–H groups in total. The Bertz CT molecular complexity index is 408. The molecule has 5 heteroatoms. The van der Waals surface area contributed by atoms with E-state index < -0.39 is 10.0 Å². The lowest BCUT2D eigenvalue weighted by Crippen LogP contribution is -2.21. The Hall–Kier alpha value is -1.36. The molecule has 1 aromatic carbocycles. The molecule has 0 radical (unpaired) electrons. The van der Waals surface area contributed by atoms with E-state index in [9.17, 15) is 13.2 Å². The van der Waals surface area contributed by atoms with E-state index in [1.54, 1.807) is 16.9 Å². The monoisotopic (exact) mass is 213 g/mol. The molecule has 0 heterocycles. The number of sulfonamides is 1. The van der Waals surface area contributed by atoms with E-state index in [2.05, 4.69) is 0 Å². The Labute approximate surface area is 83.0 Å². The Balaban J connectivity index is 3.03. The molecule has 1 aromatic rings. The molecular weight excluding hydrogens is 202 g/mol. The maximum absolute atomic E-state index is 11.3. The zero-order chi connectivity index (χ0) is 10.6. The van der Waals surface area contributed by atoms with E-state index in [0.717, 1.165) is 12.0 Å². The molecule has 0 atom stereocenters. The van der Waals surface area contributed by atoms with Gasteiger partial charge in [-0.2, -0.15) is 0 Å². The Morgan fingerprint density at radius 3 is 2.29 bits per heavy atom. The van der Waals surface area contributed by atoms with Crippen LogP contribution in [0.4, 0.5) is 0 Å². The van der Waals surface area contributed by atoms with Gasteiger partial charge < -0.3 is 0 Å². The van der Waals surface area contributed by atoms with Gasteiger partial charge in [-0.1, -0.05) is 19.1 Å². The second-order valence-corrected chi connectivity index (χ2v) is 4.45. The largest absolute Gasteiger partial charge is 0.278 e. The highest BCUT2D eigenvalue weighted by molar-refractivity contribution is 7.90. The standard InChI is InChI=1S/C9H11NO3S/c1-2-8-3-5-9(6-4-8)14(12,13)10-7-11/h3-7H,2H2,1H3,(H,10,11). The Kier molecular flexibility index (Phi) is 3.24. The summed E-state index contributed by atoms with van der Waals surface area (Å²) in [4.78, 5) is 10.1. The number of amides is 1. The minimum Gasteiger partial charge on any atom is -0.278 e. The van der Waals surface area contributed by atoms with Gasteiger partial charge in [0.05, 0.1) is 4.90 Å². The molecule has 0 bridgehead atoms. The van der Waals surface area contributed by atoms with Crippen LogP contribution in [-0.2, 0) is 21.2 Å². The Morgan fingerprint density at radius 2 is 1.86 bits per heavy atom. The molecule has 0 aliphatic carbocycles. The van der Waals surface area contributed by atoms with E-state index in [-0.39, 0.29) is 11.3 Å². The molecule has 0 aliphatic heterocycles. The predicted molar refractivity (Wildman–Crippen MR) is 52.2 cm³/mol. The van der Waals surface area contributed by atoms with E-state index in [1.807, 2.05) is 6.92 Å². The fourth-order valence-electron chi connectivity index (χ4n) is 1.04. The zero-order valence-corrected chi connectivity index (χ0v) is 8.54. The van der Waals surface area contributed by atoms with Gasteiger partial charge in [0.15, 0.2) is 0 Å². The van der Waals surface area contributed by atoms with Crippen molar-refractivity contribution < 1.29 is 13.2 Å². The van der Waals surface area contributed by atoms with Gasteiger partial charge in [-0.05, 0) is 24.1 Å². The van der Waals surface area contributed by atoms with Crippen molar-refractivity contribution in [1.29, 1.82) is 0 Å². The molecule has 0 saturated carbocycles. The van der Waals surface area contributed by atoms with Gasteiger partial charge in [-0.15, -0.1) is 0 Å². The van der Waals surface area contributed by atoms with Crippen LogP contribution in [0.5, 0.6) is 0 Å². The summed E-state index contributed by atoms with van der Waals surface area (Å²) in [5.74, 6) is 0. The highest BCUT2D eigenvalue weighted by Crippen LogP contribution is 2.10. The number of hydrogen-bond donors (Lipinski definition) is 1. The summed E-state index contributed by atoms with van der Waals surface area (Å²) in [6.07, 6.45) is 1.00. The van der Waals surface area contributed by atoms with Crippen LogP contribution in [0.15, 0.2) is 29.2 Å². The molecule has 0 aliphatic rings. The molecule has 0 saturated heterocycles. The summed E-state index contributed by atoms with van der Waals surface area (Å²) in [6, 6.07) is 6.40. The SMILES string of the molecule is CCc1ccc(S(=O)(=O)NC=O)cc1. The van der Waals surface area contributed by atoms with Crippen LogP contribution >= 0.6 is 0 Å². The third-order valence-corrected chi connectivity index (χ3v) is 3.14. The van der Waals surface area contributed by atoms with Crippen molar-refractivity contribution in [2.75, 3.05) is 0 Å². The summed E-state index contributed by atoms with van der Waals surface area (Å²) in [5, 5.41) is 0. The predicted octanol–water partition coefficient (Wildman–Crippen LogP) is 0.684. The molecule has 1 amide bonds. The van der Waals surface area contributed by atoms with Crippen molar-refractivity contribution in [3.05, 3.63) is 29.8 Å². The van der Waals surface area contributed by atoms with Crippen LogP contribution in [0.1, 0.15) is 12.5 Å². The van der Waals surface area contributed by atoms with Crippen LogP contribution in [0.2, 0.25) is 0 Å². The van der Waals surface area contributed by atoms with Crippen molar-refractivity contribution in [2.24, 2.45) is 0 Å². The van der Waals surface area contributed by atoms with Crippen molar-refractivity contribution in [3.8, 4) is 0 Å². The van der Waals surface area contributed by atoms with Crippen LogP contribution in [0.3, 0.4) is 0 Å². The molecule has 0 aromatic heterocycles. The molecule has 76 valence electrons. The second kappa shape index (κ2) is 4.23. The minimum absolute atomic E-state index is 0.0989. The average molecular weight is 213 g/mol. The van der Waals surface area contributed by atoms with Crippen molar-refractivity contribution >= 4 is 16.4 Å². The lowest BCUT2D eigenvalue weighted by atomic mass is 10.2. The maximum Gasteiger partial charge on any atom is 0.263 e. The third kappa shape index (κ3) is 2.32. The van der Waals surface area contributed by atoms with Crippen LogP contribution in [0, 0.1) is 0 Å². The first-order valence-corrected chi connectivity index (χ1v) is 5.63. The first-order valence-electron chi connectivity index (χ1n) is 4.15. The molecule has 0 unspecified atom stereocenters. The number of benzene rings is 1. The highest BCUT2D eigenvalue weighted by atomic mass is 32.2. The average Bonchev–Trinajstić information content (AvgIpc) is 2.18. The fraction of sp³-hybridized carbons (Fsp3) is 0.222. The van der Waals surface area contributed by atoms with Gasteiger partial charge in [0, 0.05) is 0 Å². The second-order valence-electron chi connectivity index (χ2n) is 2.74. The minimum atomic E-state index is -3.65. The smallest absolute Gasteiger partial charge is 0.263 e. The molecule has 1 rings (SSSR count). The first-order chi connectivity index (χ1) is 6.60. The van der Waals surface area contributed by atoms with E-state index in [0.29, 0.717) is 0 Å². The van der Waals surface area contributed by atoms with E-state index >= 15 is 0 Å². The molecular formula is C9H11NO3S. The van der Waals surface area contributed by atoms with Gasteiger partial charge in [0.25, 0.3) is 10.0 Å². The number of aryl methyl sites for hydroxylation is 1. The van der Waals surface area contributed by atoms with E-state index in [1.165, 1.54) is 12.1 Å². The van der Waals surface area contributed by atoms with Crippen LogP contribution < -0.4 is 4.72 Å². The molecule has 14 heavy (non-hydrogen) atoms. The van der Waals surface area contributed by atoms with Crippen molar-refractivity contribution in [1.82, 2.24) is 4.72 Å². The van der Waals surface area contributed by atoms with Gasteiger partial charge in [-0.3, -0.25) is 9.52 Å². The summed E-state index contributed by atoms with van der Waals surface area (Å²) >= 11 is 0. The van der Waals surface area contributed by atoms with Crippen molar-refractivity contribution in [3.63, 3.8) is 0 Å². The Morgan fingerprint density at radius 1 is 1.29 bits per heavy atom. The normalized spacial score (nSPS) is 10.9. The van der Waals surface area contributed by atoms with Gasteiger partial charge in [0.1, 0.15) is 0 Å². The summed E-state index contributed by atoms with van der Waals surface area (Å²) in [7, 11) is -3.65. The lowest BCUT2D eigenvalue weighted by Gasteiger charge is -2.02. The summed E-state index contributed by atoms with van der Waals surface area (Å²) in [5.41, 5.74) is 1.05. The van der Waals surface area contributed by atoms with Gasteiger partial charge in [-0.25, -0.2) is 8.42 Å². The fourth-order valence-corrected chi connectivity index (χ4v) is 1.79. The van der Waals surface area contributed by atoms with Gasteiger partial charge in [0.2, 0.25) is 6.41 Å². The zero-order valence-electron chi connectivity index (χ0n) is 7.73. The first kappa shape index (κ1) is 10.7. The summed E-state index contributed by atoms with van der Waals surface area (Å²) < 4.78 is 24.3. The third-order valence-electron chi connectivity index (χ3n) is 1.85. The molecule has 4 nitrogen and oxygen atoms in total. The topological polar surface area (TPSA) is 63.2 Å². The molecule has 0 spiro atoms. The summed E-state index contributed by atoms with van der Waals surface area (Å²) in [6.45, 7) is 1.98. The highest BCUT2D eigenvalue weighted by Gasteiger charge is 2.11. The van der Waals surface area contributed by atoms with Crippen LogP contribution in [0.25, 0.3) is 0 Å². The maximum atomic E-state index is 11.3. The van der Waals surface area contributed by atoms with Gasteiger partial charge >= 0.3 is 0 Å². The quantitative estimate of drug-likeness (QED) is 0.748. The number of carbonyl (C=O) groups is 1. The van der Waals surface area contributed by atoms with Crippen molar-refractivity contribution in [2.45, 2.75) is 18.2 Å². The molecule has 0 fully saturated rings. The van der Waals surface area contributed by atoms with Crippen LogP contribution in [-0.4, -0.2) is 14.8 Å². The number of carbonyl (C=O) groups excluding carboxylic acids is 1. The number of rotatable bonds is 4. The number of hydrogen-bond acceptors (Lipinski definition) is 3. The van der Waals surface area contributed by atoms with E-state index in [4.69, 9.17) is 0 Å². The lowest BCUT2D eigenvalue weighted by molar-refractivity contribution is -0.108. The number of nitrogens with one attached hydrogen (secondary N) is 1.